The SMILES string of the molecule is Cc1ccc(-c2cc(-c3ccc(C)cc3C)cc(-c3ccc(C)cc3O)c2)c(C)c1. The van der Waals surface area contributed by atoms with Crippen LogP contribution in [0.4, 0.5) is 0 Å². The number of benzene rings is 4. The molecule has 0 aliphatic rings. The minimum Gasteiger partial charge on any atom is -0.507 e. The van der Waals surface area contributed by atoms with E-state index in [1.54, 1.807) is 0 Å². The quantitative estimate of drug-likeness (QED) is 0.375. The van der Waals surface area contributed by atoms with Gasteiger partial charge in [0.1, 0.15) is 5.75 Å². The van der Waals surface area contributed by atoms with Crippen molar-refractivity contribution in [3.63, 3.8) is 0 Å². The predicted octanol–water partition coefficient (Wildman–Crippen LogP) is 7.94. The summed E-state index contributed by atoms with van der Waals surface area (Å²) >= 11 is 0. The molecule has 0 bridgehead atoms. The first-order valence-corrected chi connectivity index (χ1v) is 10.4. The van der Waals surface area contributed by atoms with Gasteiger partial charge in [0.05, 0.1) is 0 Å². The summed E-state index contributed by atoms with van der Waals surface area (Å²) < 4.78 is 0. The Morgan fingerprint density at radius 1 is 0.433 bits per heavy atom. The number of rotatable bonds is 3. The number of phenolic OH excluding ortho intramolecular Hbond substituents is 1. The zero-order chi connectivity index (χ0) is 21.4. The first kappa shape index (κ1) is 20.0. The van der Waals surface area contributed by atoms with Gasteiger partial charge in [-0.3, -0.25) is 0 Å². The molecule has 150 valence electrons. The van der Waals surface area contributed by atoms with E-state index < -0.39 is 0 Å². The molecule has 0 atom stereocenters. The van der Waals surface area contributed by atoms with Gasteiger partial charge in [-0.15, -0.1) is 0 Å². The van der Waals surface area contributed by atoms with Crippen LogP contribution in [0, 0.1) is 34.6 Å². The van der Waals surface area contributed by atoms with E-state index in [9.17, 15) is 5.11 Å². The number of phenols is 1. The van der Waals surface area contributed by atoms with Crippen molar-refractivity contribution in [2.24, 2.45) is 0 Å². The lowest BCUT2D eigenvalue weighted by Gasteiger charge is -2.15. The summed E-state index contributed by atoms with van der Waals surface area (Å²) in [4.78, 5) is 0. The second kappa shape index (κ2) is 7.84. The summed E-state index contributed by atoms with van der Waals surface area (Å²) in [6, 6.07) is 25.7. The summed E-state index contributed by atoms with van der Waals surface area (Å²) in [5.41, 5.74) is 12.8. The highest BCUT2D eigenvalue weighted by molar-refractivity contribution is 5.84. The highest BCUT2D eigenvalue weighted by Crippen LogP contribution is 2.38. The standard InChI is InChI=1S/C29H28O/c1-18-6-9-26(21(4)12-18)23-15-24(27-10-7-19(2)13-22(27)5)17-25(16-23)28-11-8-20(3)14-29(28)30/h6-17,30H,1-5H3. The van der Waals surface area contributed by atoms with Crippen molar-refractivity contribution >= 4 is 0 Å². The van der Waals surface area contributed by atoms with Gasteiger partial charge >= 0.3 is 0 Å². The van der Waals surface area contributed by atoms with Crippen molar-refractivity contribution in [3.05, 3.63) is 101 Å². The van der Waals surface area contributed by atoms with E-state index in [0.29, 0.717) is 5.75 Å². The predicted molar refractivity (Wildman–Crippen MR) is 128 cm³/mol. The molecule has 0 aliphatic heterocycles. The van der Waals surface area contributed by atoms with Crippen molar-refractivity contribution < 1.29 is 5.11 Å². The van der Waals surface area contributed by atoms with Crippen molar-refractivity contribution in [2.45, 2.75) is 34.6 Å². The van der Waals surface area contributed by atoms with Gasteiger partial charge < -0.3 is 5.11 Å². The third kappa shape index (κ3) is 3.89. The fourth-order valence-corrected chi connectivity index (χ4v) is 4.25. The summed E-state index contributed by atoms with van der Waals surface area (Å²) in [5.74, 6) is 0.319. The van der Waals surface area contributed by atoms with E-state index in [1.807, 2.05) is 19.1 Å². The Kier molecular flexibility index (Phi) is 5.22. The molecular weight excluding hydrogens is 364 g/mol. The lowest BCUT2D eigenvalue weighted by molar-refractivity contribution is 0.477. The summed E-state index contributed by atoms with van der Waals surface area (Å²) in [5, 5.41) is 10.6. The number of hydrogen-bond acceptors (Lipinski definition) is 1. The summed E-state index contributed by atoms with van der Waals surface area (Å²) in [6.07, 6.45) is 0. The maximum atomic E-state index is 10.6. The minimum atomic E-state index is 0.319. The van der Waals surface area contributed by atoms with Gasteiger partial charge in [-0.1, -0.05) is 59.7 Å². The van der Waals surface area contributed by atoms with Crippen molar-refractivity contribution in [1.82, 2.24) is 0 Å². The Labute approximate surface area is 179 Å². The van der Waals surface area contributed by atoms with Crippen LogP contribution in [0.25, 0.3) is 33.4 Å². The van der Waals surface area contributed by atoms with Gasteiger partial charge in [0.15, 0.2) is 0 Å². The Bertz CT molecular complexity index is 1080. The lowest BCUT2D eigenvalue weighted by atomic mass is 9.89. The van der Waals surface area contributed by atoms with E-state index in [1.165, 1.54) is 44.5 Å². The van der Waals surface area contributed by atoms with Crippen molar-refractivity contribution in [2.75, 3.05) is 0 Å². The smallest absolute Gasteiger partial charge is 0.123 e. The highest BCUT2D eigenvalue weighted by Gasteiger charge is 2.12. The van der Waals surface area contributed by atoms with Crippen LogP contribution in [-0.2, 0) is 0 Å². The molecule has 0 spiro atoms. The molecule has 1 heteroatoms. The van der Waals surface area contributed by atoms with E-state index >= 15 is 0 Å². The summed E-state index contributed by atoms with van der Waals surface area (Å²) in [6.45, 7) is 10.6. The average molecular weight is 393 g/mol. The molecule has 4 aromatic rings. The van der Waals surface area contributed by atoms with Gasteiger partial charge in [0.2, 0.25) is 0 Å². The fourth-order valence-electron chi connectivity index (χ4n) is 4.25. The van der Waals surface area contributed by atoms with Gasteiger partial charge in [0.25, 0.3) is 0 Å². The normalized spacial score (nSPS) is 11.0. The first-order valence-electron chi connectivity index (χ1n) is 10.4. The van der Waals surface area contributed by atoms with E-state index in [4.69, 9.17) is 0 Å². The molecule has 0 aliphatic carbocycles. The molecule has 0 aromatic heterocycles. The van der Waals surface area contributed by atoms with Gasteiger partial charge in [-0.05, 0) is 103 Å². The third-order valence-corrected chi connectivity index (χ3v) is 5.78. The highest BCUT2D eigenvalue weighted by atomic mass is 16.3. The minimum absolute atomic E-state index is 0.319. The number of aromatic hydroxyl groups is 1. The first-order chi connectivity index (χ1) is 14.3. The molecule has 1 nitrogen and oxygen atoms in total. The molecule has 0 fully saturated rings. The molecule has 4 aromatic carbocycles. The molecular formula is C29H28O. The topological polar surface area (TPSA) is 20.2 Å². The van der Waals surface area contributed by atoms with E-state index in [2.05, 4.69) is 88.4 Å². The van der Waals surface area contributed by atoms with Crippen LogP contribution in [-0.4, -0.2) is 5.11 Å². The van der Waals surface area contributed by atoms with Crippen LogP contribution in [0.1, 0.15) is 27.8 Å². The van der Waals surface area contributed by atoms with E-state index in [-0.39, 0.29) is 0 Å². The van der Waals surface area contributed by atoms with Crippen LogP contribution in [0.2, 0.25) is 0 Å². The Morgan fingerprint density at radius 3 is 1.20 bits per heavy atom. The van der Waals surface area contributed by atoms with Crippen LogP contribution < -0.4 is 0 Å². The van der Waals surface area contributed by atoms with Crippen LogP contribution in [0.15, 0.2) is 72.8 Å². The van der Waals surface area contributed by atoms with Crippen molar-refractivity contribution in [1.29, 1.82) is 0 Å². The molecule has 0 unspecified atom stereocenters. The molecule has 0 saturated heterocycles. The number of hydrogen-bond donors (Lipinski definition) is 1. The Balaban J connectivity index is 1.98. The van der Waals surface area contributed by atoms with Crippen LogP contribution in [0.5, 0.6) is 5.75 Å². The fraction of sp³-hybridized carbons (Fsp3) is 0.172. The zero-order valence-corrected chi connectivity index (χ0v) is 18.4. The molecule has 4 rings (SSSR count). The summed E-state index contributed by atoms with van der Waals surface area (Å²) in [7, 11) is 0. The third-order valence-electron chi connectivity index (χ3n) is 5.78. The number of aryl methyl sites for hydroxylation is 5. The van der Waals surface area contributed by atoms with Gasteiger partial charge in [-0.2, -0.15) is 0 Å². The molecule has 0 heterocycles. The molecule has 30 heavy (non-hydrogen) atoms. The second-order valence-corrected chi connectivity index (χ2v) is 8.46. The Morgan fingerprint density at radius 2 is 0.800 bits per heavy atom. The lowest BCUT2D eigenvalue weighted by Crippen LogP contribution is -1.91. The molecule has 0 radical (unpaired) electrons. The van der Waals surface area contributed by atoms with Crippen LogP contribution in [0.3, 0.4) is 0 Å². The van der Waals surface area contributed by atoms with Crippen LogP contribution >= 0.6 is 0 Å². The van der Waals surface area contributed by atoms with Gasteiger partial charge in [0, 0.05) is 5.56 Å². The van der Waals surface area contributed by atoms with E-state index in [0.717, 1.165) is 16.7 Å². The molecule has 0 amide bonds. The molecule has 1 N–H and O–H groups in total. The second-order valence-electron chi connectivity index (χ2n) is 8.46. The monoisotopic (exact) mass is 392 g/mol. The van der Waals surface area contributed by atoms with Gasteiger partial charge in [-0.25, -0.2) is 0 Å². The molecule has 0 saturated carbocycles. The maximum Gasteiger partial charge on any atom is 0.123 e. The largest absolute Gasteiger partial charge is 0.507 e. The maximum absolute atomic E-state index is 10.6. The van der Waals surface area contributed by atoms with Crippen molar-refractivity contribution in [3.8, 4) is 39.1 Å². The average Bonchev–Trinajstić information content (AvgIpc) is 2.67. The zero-order valence-electron chi connectivity index (χ0n) is 18.4. The Hall–Kier alpha value is -3.32.